The summed E-state index contributed by atoms with van der Waals surface area (Å²) in [6, 6.07) is 22.8. The minimum atomic E-state index is -0.217. The number of H-pyrrole nitrogens is 2. The summed E-state index contributed by atoms with van der Waals surface area (Å²) in [5.41, 5.74) is 3.36. The number of hydrogen-bond donors (Lipinski definition) is 2. The summed E-state index contributed by atoms with van der Waals surface area (Å²) < 4.78 is 5.53. The Hall–Kier alpha value is -4.30. The first-order chi connectivity index (χ1) is 17.7. The Labute approximate surface area is 206 Å². The van der Waals surface area contributed by atoms with E-state index in [1.54, 1.807) is 6.07 Å². The molecule has 0 spiro atoms. The molecule has 8 nitrogen and oxygen atoms in total. The Balaban J connectivity index is 1.38. The third kappa shape index (κ3) is 4.05. The van der Waals surface area contributed by atoms with E-state index in [1.165, 1.54) is 0 Å². The fraction of sp³-hybridized carbons (Fsp3) is 0.214. The zero-order chi connectivity index (χ0) is 24.5. The van der Waals surface area contributed by atoms with Gasteiger partial charge in [-0.3, -0.25) is 14.7 Å². The van der Waals surface area contributed by atoms with E-state index in [2.05, 4.69) is 20.4 Å². The first-order valence-electron chi connectivity index (χ1n) is 12.1. The van der Waals surface area contributed by atoms with E-state index in [0.717, 1.165) is 40.4 Å². The summed E-state index contributed by atoms with van der Waals surface area (Å²) in [7, 11) is 0. The number of nitrogens with one attached hydrogen (secondary N) is 2. The molecule has 3 aromatic carbocycles. The van der Waals surface area contributed by atoms with Gasteiger partial charge in [-0.25, -0.2) is 5.10 Å². The standard InChI is InChI=1S/C28H25N5O3/c34-27-22-6-2-1-5-21(22)25(30-32-27)19-9-11-20(12-10-19)33(17-18-13-15-36-16-14-18)28(35)26-23-7-3-4-8-24(23)29-31-26/h1-12,18H,13-17H2,(H,29,31)(H,32,34). The van der Waals surface area contributed by atoms with Gasteiger partial charge in [-0.1, -0.05) is 48.5 Å². The molecule has 1 fully saturated rings. The van der Waals surface area contributed by atoms with Gasteiger partial charge in [0, 0.05) is 41.8 Å². The highest BCUT2D eigenvalue weighted by Crippen LogP contribution is 2.29. The highest BCUT2D eigenvalue weighted by atomic mass is 16.5. The molecule has 0 radical (unpaired) electrons. The van der Waals surface area contributed by atoms with Crippen molar-refractivity contribution < 1.29 is 9.53 Å². The lowest BCUT2D eigenvalue weighted by atomic mass is 9.98. The predicted octanol–water partition coefficient (Wildman–Crippen LogP) is 4.54. The summed E-state index contributed by atoms with van der Waals surface area (Å²) >= 11 is 0. The monoisotopic (exact) mass is 479 g/mol. The number of aromatic nitrogens is 4. The molecule has 6 rings (SSSR count). The van der Waals surface area contributed by atoms with Crippen molar-refractivity contribution >= 4 is 33.3 Å². The van der Waals surface area contributed by atoms with E-state index < -0.39 is 0 Å². The number of carbonyl (C=O) groups excluding carboxylic acids is 1. The van der Waals surface area contributed by atoms with Gasteiger partial charge in [0.05, 0.1) is 16.6 Å². The van der Waals surface area contributed by atoms with Gasteiger partial charge in [-0.05, 0) is 43.0 Å². The molecule has 1 aliphatic rings. The lowest BCUT2D eigenvalue weighted by Crippen LogP contribution is -2.37. The maximum atomic E-state index is 13.8. The van der Waals surface area contributed by atoms with Crippen LogP contribution in [-0.2, 0) is 4.74 Å². The van der Waals surface area contributed by atoms with E-state index in [0.29, 0.717) is 42.5 Å². The molecule has 180 valence electrons. The number of fused-ring (bicyclic) bond motifs is 2. The second-order valence-electron chi connectivity index (χ2n) is 9.08. The Morgan fingerprint density at radius 2 is 1.56 bits per heavy atom. The summed E-state index contributed by atoms with van der Waals surface area (Å²) in [6.45, 7) is 2.01. The quantitative estimate of drug-likeness (QED) is 0.385. The van der Waals surface area contributed by atoms with Crippen molar-refractivity contribution in [3.8, 4) is 11.3 Å². The minimum absolute atomic E-state index is 0.140. The van der Waals surface area contributed by atoms with Crippen LogP contribution in [0.15, 0.2) is 77.6 Å². The average Bonchev–Trinajstić information content (AvgIpc) is 3.37. The fourth-order valence-electron chi connectivity index (χ4n) is 4.88. The van der Waals surface area contributed by atoms with E-state index in [1.807, 2.05) is 71.6 Å². The normalized spacial score (nSPS) is 14.3. The van der Waals surface area contributed by atoms with Gasteiger partial charge in [-0.15, -0.1) is 0 Å². The van der Waals surface area contributed by atoms with Crippen LogP contribution in [-0.4, -0.2) is 46.1 Å². The number of hydrogen-bond acceptors (Lipinski definition) is 5. The zero-order valence-corrected chi connectivity index (χ0v) is 19.6. The first-order valence-corrected chi connectivity index (χ1v) is 12.1. The second kappa shape index (κ2) is 9.39. The molecule has 0 aliphatic carbocycles. The predicted molar refractivity (Wildman–Crippen MR) is 139 cm³/mol. The zero-order valence-electron chi connectivity index (χ0n) is 19.6. The fourth-order valence-corrected chi connectivity index (χ4v) is 4.88. The highest BCUT2D eigenvalue weighted by molar-refractivity contribution is 6.12. The van der Waals surface area contributed by atoms with Gasteiger partial charge in [0.2, 0.25) is 0 Å². The third-order valence-corrected chi connectivity index (χ3v) is 6.85. The summed E-state index contributed by atoms with van der Waals surface area (Å²) in [5.74, 6) is 0.205. The maximum Gasteiger partial charge on any atom is 0.279 e. The van der Waals surface area contributed by atoms with Crippen molar-refractivity contribution in [3.05, 3.63) is 88.8 Å². The third-order valence-electron chi connectivity index (χ3n) is 6.85. The molecule has 2 aromatic heterocycles. The number of anilines is 1. The Morgan fingerprint density at radius 1 is 0.861 bits per heavy atom. The molecule has 2 N–H and O–H groups in total. The number of carbonyl (C=O) groups is 1. The molecular weight excluding hydrogens is 454 g/mol. The molecule has 8 heteroatoms. The SMILES string of the molecule is O=C(c1n[nH]c2ccccc12)N(CC1CCOCC1)c1ccc(-c2n[nH]c(=O)c3ccccc23)cc1. The van der Waals surface area contributed by atoms with E-state index in [4.69, 9.17) is 4.74 Å². The molecule has 0 saturated carbocycles. The Morgan fingerprint density at radius 3 is 2.33 bits per heavy atom. The lowest BCUT2D eigenvalue weighted by molar-refractivity contribution is 0.0668. The van der Waals surface area contributed by atoms with Gasteiger partial charge >= 0.3 is 0 Å². The Kier molecular flexibility index (Phi) is 5.79. The van der Waals surface area contributed by atoms with Crippen molar-refractivity contribution in [1.29, 1.82) is 0 Å². The Bertz CT molecular complexity index is 1600. The molecule has 1 saturated heterocycles. The van der Waals surface area contributed by atoms with Crippen LogP contribution in [0.4, 0.5) is 5.69 Å². The van der Waals surface area contributed by atoms with E-state index in [-0.39, 0.29) is 11.5 Å². The molecule has 3 heterocycles. The number of nitrogens with zero attached hydrogens (tertiary/aromatic N) is 3. The van der Waals surface area contributed by atoms with Crippen molar-refractivity contribution in [1.82, 2.24) is 20.4 Å². The molecule has 0 bridgehead atoms. The smallest absolute Gasteiger partial charge is 0.279 e. The number of aromatic amines is 2. The number of para-hydroxylation sites is 1. The number of ether oxygens (including phenoxy) is 1. The number of benzene rings is 3. The van der Waals surface area contributed by atoms with Crippen LogP contribution >= 0.6 is 0 Å². The van der Waals surface area contributed by atoms with Crippen molar-refractivity contribution in [2.75, 3.05) is 24.7 Å². The highest BCUT2D eigenvalue weighted by Gasteiger charge is 2.26. The van der Waals surface area contributed by atoms with Gasteiger partial charge in [0.25, 0.3) is 11.5 Å². The second-order valence-corrected chi connectivity index (χ2v) is 9.08. The number of amides is 1. The van der Waals surface area contributed by atoms with Crippen molar-refractivity contribution in [2.45, 2.75) is 12.8 Å². The van der Waals surface area contributed by atoms with Crippen LogP contribution in [0.2, 0.25) is 0 Å². The molecule has 0 atom stereocenters. The first kappa shape index (κ1) is 22.2. The molecule has 5 aromatic rings. The topological polar surface area (TPSA) is 104 Å². The number of rotatable bonds is 5. The van der Waals surface area contributed by atoms with Gasteiger partial charge in [0.15, 0.2) is 5.69 Å². The summed E-state index contributed by atoms with van der Waals surface area (Å²) in [5, 5.41) is 16.4. The van der Waals surface area contributed by atoms with Crippen LogP contribution in [0.3, 0.4) is 0 Å². The summed E-state index contributed by atoms with van der Waals surface area (Å²) in [6.07, 6.45) is 1.83. The summed E-state index contributed by atoms with van der Waals surface area (Å²) in [4.78, 5) is 27.8. The molecular formula is C28H25N5O3. The van der Waals surface area contributed by atoms with Crippen molar-refractivity contribution in [3.63, 3.8) is 0 Å². The van der Waals surface area contributed by atoms with Crippen LogP contribution < -0.4 is 10.5 Å². The van der Waals surface area contributed by atoms with Gasteiger partial charge in [-0.2, -0.15) is 10.2 Å². The molecule has 0 unspecified atom stereocenters. The van der Waals surface area contributed by atoms with Gasteiger partial charge in [0.1, 0.15) is 0 Å². The molecule has 1 amide bonds. The largest absolute Gasteiger partial charge is 0.381 e. The maximum absolute atomic E-state index is 13.8. The van der Waals surface area contributed by atoms with Crippen LogP contribution in [0.1, 0.15) is 23.3 Å². The molecule has 36 heavy (non-hydrogen) atoms. The lowest BCUT2D eigenvalue weighted by Gasteiger charge is -2.29. The van der Waals surface area contributed by atoms with E-state index >= 15 is 0 Å². The van der Waals surface area contributed by atoms with E-state index in [9.17, 15) is 9.59 Å². The van der Waals surface area contributed by atoms with Crippen molar-refractivity contribution in [2.24, 2.45) is 5.92 Å². The van der Waals surface area contributed by atoms with Crippen LogP contribution in [0, 0.1) is 5.92 Å². The van der Waals surface area contributed by atoms with Crippen LogP contribution in [0.5, 0.6) is 0 Å². The van der Waals surface area contributed by atoms with Crippen LogP contribution in [0.25, 0.3) is 32.9 Å². The minimum Gasteiger partial charge on any atom is -0.381 e. The average molecular weight is 480 g/mol. The van der Waals surface area contributed by atoms with Gasteiger partial charge < -0.3 is 9.64 Å². The molecule has 1 aliphatic heterocycles.